The number of methoxy groups -OCH3 is 1. The maximum absolute atomic E-state index is 12.5. The van der Waals surface area contributed by atoms with E-state index < -0.39 is 6.61 Å². The zero-order chi connectivity index (χ0) is 19.4. The first-order valence-electron chi connectivity index (χ1n) is 8.05. The number of amides is 1. The predicted molar refractivity (Wildman–Crippen MR) is 96.9 cm³/mol. The van der Waals surface area contributed by atoms with Crippen molar-refractivity contribution in [1.82, 2.24) is 5.32 Å². The van der Waals surface area contributed by atoms with Crippen LogP contribution in [0.4, 0.5) is 8.78 Å². The first kappa shape index (κ1) is 19.0. The summed E-state index contributed by atoms with van der Waals surface area (Å²) in [7, 11) is 1.37. The molecule has 1 N–H and O–H groups in total. The van der Waals surface area contributed by atoms with Gasteiger partial charge >= 0.3 is 6.61 Å². The molecule has 0 saturated heterocycles. The molecule has 8 heteroatoms. The summed E-state index contributed by atoms with van der Waals surface area (Å²) in [6, 6.07) is 11.4. The number of rotatable bonds is 7. The number of hydrogen-bond donors (Lipinski definition) is 1. The maximum atomic E-state index is 12.5. The molecule has 5 nitrogen and oxygen atoms in total. The quantitative estimate of drug-likeness (QED) is 0.631. The van der Waals surface area contributed by atoms with Gasteiger partial charge in [0.25, 0.3) is 5.91 Å². The van der Waals surface area contributed by atoms with Crippen molar-refractivity contribution >= 4 is 28.5 Å². The van der Waals surface area contributed by atoms with Gasteiger partial charge in [0.1, 0.15) is 5.58 Å². The number of furan rings is 1. The van der Waals surface area contributed by atoms with E-state index in [2.05, 4.69) is 10.1 Å². The minimum Gasteiger partial charge on any atom is -0.493 e. The van der Waals surface area contributed by atoms with Gasteiger partial charge in [0.15, 0.2) is 17.3 Å². The molecule has 142 valence electrons. The maximum Gasteiger partial charge on any atom is 0.387 e. The molecule has 2 aromatic carbocycles. The van der Waals surface area contributed by atoms with Crippen molar-refractivity contribution in [2.45, 2.75) is 13.0 Å². The predicted octanol–water partition coefficient (Wildman–Crippen LogP) is 4.67. The Hall–Kier alpha value is -2.80. The third kappa shape index (κ3) is 4.68. The van der Waals surface area contributed by atoms with Crippen LogP contribution in [0.1, 0.15) is 16.1 Å². The highest BCUT2D eigenvalue weighted by atomic mass is 35.5. The van der Waals surface area contributed by atoms with Gasteiger partial charge in [0.05, 0.1) is 7.11 Å². The van der Waals surface area contributed by atoms with E-state index in [1.165, 1.54) is 19.2 Å². The van der Waals surface area contributed by atoms with Gasteiger partial charge in [-0.15, -0.1) is 0 Å². The number of alkyl halides is 2. The Labute approximate surface area is 158 Å². The second-order valence-corrected chi connectivity index (χ2v) is 6.10. The standard InChI is InChI=1S/C19H16ClF2NO4/c1-25-15-4-2-11(8-16(15)27-19(21)22)6-7-23-18(24)17-10-12-9-13(20)3-5-14(12)26-17/h2-5,8-10,19H,6-7H2,1H3,(H,23,24). The molecule has 0 fully saturated rings. The summed E-state index contributed by atoms with van der Waals surface area (Å²) in [6.07, 6.45) is 0.418. The summed E-state index contributed by atoms with van der Waals surface area (Å²) in [4.78, 5) is 12.2. The molecule has 0 radical (unpaired) electrons. The summed E-state index contributed by atoms with van der Waals surface area (Å²) >= 11 is 5.92. The van der Waals surface area contributed by atoms with Crippen LogP contribution in [0.3, 0.4) is 0 Å². The Bertz CT molecular complexity index is 958. The number of benzene rings is 2. The van der Waals surface area contributed by atoms with Crippen molar-refractivity contribution in [2.24, 2.45) is 0 Å². The third-order valence-electron chi connectivity index (χ3n) is 3.85. The Morgan fingerprint density at radius 1 is 1.19 bits per heavy atom. The van der Waals surface area contributed by atoms with Gasteiger partial charge in [-0.2, -0.15) is 8.78 Å². The van der Waals surface area contributed by atoms with Gasteiger partial charge in [-0.05, 0) is 48.4 Å². The van der Waals surface area contributed by atoms with E-state index in [4.69, 9.17) is 20.8 Å². The van der Waals surface area contributed by atoms with Crippen molar-refractivity contribution in [1.29, 1.82) is 0 Å². The molecule has 0 unspecified atom stereocenters. The Morgan fingerprint density at radius 2 is 2.00 bits per heavy atom. The van der Waals surface area contributed by atoms with Crippen molar-refractivity contribution in [3.8, 4) is 11.5 Å². The van der Waals surface area contributed by atoms with Crippen LogP contribution in [0, 0.1) is 0 Å². The molecule has 1 heterocycles. The average molecular weight is 396 g/mol. The zero-order valence-corrected chi connectivity index (χ0v) is 15.1. The highest BCUT2D eigenvalue weighted by molar-refractivity contribution is 6.31. The highest BCUT2D eigenvalue weighted by Crippen LogP contribution is 2.29. The van der Waals surface area contributed by atoms with Gasteiger partial charge in [-0.3, -0.25) is 4.79 Å². The molecule has 27 heavy (non-hydrogen) atoms. The van der Waals surface area contributed by atoms with E-state index in [1.54, 1.807) is 30.3 Å². The molecule has 3 rings (SSSR count). The van der Waals surface area contributed by atoms with E-state index in [-0.39, 0.29) is 29.7 Å². The first-order chi connectivity index (χ1) is 13.0. The highest BCUT2D eigenvalue weighted by Gasteiger charge is 2.14. The van der Waals surface area contributed by atoms with Crippen LogP contribution in [0.25, 0.3) is 11.0 Å². The van der Waals surface area contributed by atoms with Crippen molar-refractivity contribution in [3.63, 3.8) is 0 Å². The number of carbonyl (C=O) groups is 1. The summed E-state index contributed by atoms with van der Waals surface area (Å²) in [5, 5.41) is 4.01. The monoisotopic (exact) mass is 395 g/mol. The van der Waals surface area contributed by atoms with Crippen molar-refractivity contribution in [2.75, 3.05) is 13.7 Å². The third-order valence-corrected chi connectivity index (χ3v) is 4.08. The second-order valence-electron chi connectivity index (χ2n) is 5.66. The number of halogens is 3. The lowest BCUT2D eigenvalue weighted by molar-refractivity contribution is -0.0512. The van der Waals surface area contributed by atoms with E-state index in [0.29, 0.717) is 22.6 Å². The lowest BCUT2D eigenvalue weighted by Gasteiger charge is -2.11. The van der Waals surface area contributed by atoms with Gasteiger partial charge in [0, 0.05) is 17.0 Å². The molecule has 0 aliphatic rings. The first-order valence-corrected chi connectivity index (χ1v) is 8.43. The molecule has 0 aliphatic heterocycles. The molecular formula is C19H16ClF2NO4. The number of ether oxygens (including phenoxy) is 2. The van der Waals surface area contributed by atoms with Gasteiger partial charge in [-0.25, -0.2) is 0 Å². The molecule has 0 bridgehead atoms. The molecular weight excluding hydrogens is 380 g/mol. The van der Waals surface area contributed by atoms with Crippen LogP contribution in [-0.4, -0.2) is 26.2 Å². The van der Waals surface area contributed by atoms with Gasteiger partial charge in [0.2, 0.25) is 0 Å². The second kappa shape index (κ2) is 8.26. The SMILES string of the molecule is COc1ccc(CCNC(=O)c2cc3cc(Cl)ccc3o2)cc1OC(F)F. The summed E-state index contributed by atoms with van der Waals surface area (Å²) in [5.74, 6) is -0.0434. The molecule has 1 amide bonds. The number of nitrogens with one attached hydrogen (secondary N) is 1. The fraction of sp³-hybridized carbons (Fsp3) is 0.211. The van der Waals surface area contributed by atoms with Crippen LogP contribution >= 0.6 is 11.6 Å². The molecule has 3 aromatic rings. The minimum atomic E-state index is -2.95. The number of carbonyl (C=O) groups excluding carboxylic acids is 1. The van der Waals surface area contributed by atoms with Gasteiger partial charge in [-0.1, -0.05) is 17.7 Å². The van der Waals surface area contributed by atoms with E-state index in [0.717, 1.165) is 5.39 Å². The summed E-state index contributed by atoms with van der Waals surface area (Å²) < 4.78 is 39.9. The Kier molecular flexibility index (Phi) is 5.81. The summed E-state index contributed by atoms with van der Waals surface area (Å²) in [5.41, 5.74) is 1.27. The van der Waals surface area contributed by atoms with E-state index >= 15 is 0 Å². The normalized spacial score (nSPS) is 11.0. The lowest BCUT2D eigenvalue weighted by Crippen LogP contribution is -2.25. The fourth-order valence-electron chi connectivity index (χ4n) is 2.60. The topological polar surface area (TPSA) is 60.7 Å². The van der Waals surface area contributed by atoms with Crippen molar-refractivity contribution in [3.05, 3.63) is 58.8 Å². The smallest absolute Gasteiger partial charge is 0.387 e. The van der Waals surface area contributed by atoms with Crippen LogP contribution in [-0.2, 0) is 6.42 Å². The number of hydrogen-bond acceptors (Lipinski definition) is 4. The number of fused-ring (bicyclic) bond motifs is 1. The van der Waals surface area contributed by atoms with Crippen LogP contribution in [0.2, 0.25) is 5.02 Å². The van der Waals surface area contributed by atoms with E-state index in [9.17, 15) is 13.6 Å². The average Bonchev–Trinajstić information content (AvgIpc) is 3.04. The van der Waals surface area contributed by atoms with Crippen molar-refractivity contribution < 1.29 is 27.5 Å². The summed E-state index contributed by atoms with van der Waals surface area (Å²) in [6.45, 7) is -2.66. The Balaban J connectivity index is 1.62. The van der Waals surface area contributed by atoms with Crippen LogP contribution in [0.5, 0.6) is 11.5 Å². The molecule has 0 atom stereocenters. The van der Waals surface area contributed by atoms with Crippen LogP contribution in [0.15, 0.2) is 46.9 Å². The molecule has 1 aromatic heterocycles. The van der Waals surface area contributed by atoms with Crippen LogP contribution < -0.4 is 14.8 Å². The molecule has 0 saturated carbocycles. The molecule has 0 aliphatic carbocycles. The largest absolute Gasteiger partial charge is 0.493 e. The Morgan fingerprint density at radius 3 is 2.74 bits per heavy atom. The van der Waals surface area contributed by atoms with E-state index in [1.807, 2.05) is 0 Å². The zero-order valence-electron chi connectivity index (χ0n) is 14.3. The minimum absolute atomic E-state index is 0.0505. The fourth-order valence-corrected chi connectivity index (χ4v) is 2.78. The van der Waals surface area contributed by atoms with Gasteiger partial charge < -0.3 is 19.2 Å². The molecule has 0 spiro atoms. The lowest BCUT2D eigenvalue weighted by atomic mass is 10.1.